The molecule has 102 valence electrons. The maximum Gasteiger partial charge on any atom is 0.161 e. The van der Waals surface area contributed by atoms with Gasteiger partial charge in [-0.15, -0.1) is 0 Å². The maximum absolute atomic E-state index is 13.5. The van der Waals surface area contributed by atoms with E-state index in [1.165, 1.54) is 12.1 Å². The maximum atomic E-state index is 13.5. The van der Waals surface area contributed by atoms with Gasteiger partial charge in [0.05, 0.1) is 19.3 Å². The van der Waals surface area contributed by atoms with Crippen molar-refractivity contribution in [1.29, 1.82) is 0 Å². The van der Waals surface area contributed by atoms with Crippen LogP contribution in [0.25, 0.3) is 0 Å². The number of methoxy groups -OCH3 is 1. The number of hydrogen-bond acceptors (Lipinski definition) is 4. The first-order valence-corrected chi connectivity index (χ1v) is 5.86. The molecule has 1 aromatic carbocycles. The molecule has 1 atom stereocenters. The molecule has 0 saturated carbocycles. The number of nitrogens with zero attached hydrogens (tertiary/aromatic N) is 2. The van der Waals surface area contributed by atoms with Gasteiger partial charge in [-0.2, -0.15) is 5.10 Å². The summed E-state index contributed by atoms with van der Waals surface area (Å²) < 4.78 is 20.4. The molecule has 1 heterocycles. The first kappa shape index (κ1) is 13.5. The Labute approximate surface area is 111 Å². The van der Waals surface area contributed by atoms with Crippen LogP contribution < -0.4 is 16.0 Å². The summed E-state index contributed by atoms with van der Waals surface area (Å²) in [7, 11) is 3.35. The smallest absolute Gasteiger partial charge is 0.161 e. The Morgan fingerprint density at radius 1 is 1.42 bits per heavy atom. The molecule has 0 amide bonds. The summed E-state index contributed by atoms with van der Waals surface area (Å²) in [6.07, 6.45) is 1.60. The summed E-state index contributed by atoms with van der Waals surface area (Å²) in [6.45, 7) is 1.83. The van der Waals surface area contributed by atoms with Crippen LogP contribution in [-0.4, -0.2) is 16.9 Å². The number of hydrazine groups is 1. The minimum atomic E-state index is -0.392. The lowest BCUT2D eigenvalue weighted by atomic mass is 10.0. The van der Waals surface area contributed by atoms with Crippen LogP contribution in [0.2, 0.25) is 0 Å². The van der Waals surface area contributed by atoms with Gasteiger partial charge in [0.2, 0.25) is 0 Å². The van der Waals surface area contributed by atoms with Gasteiger partial charge >= 0.3 is 0 Å². The molecule has 0 aliphatic carbocycles. The molecule has 19 heavy (non-hydrogen) atoms. The van der Waals surface area contributed by atoms with Crippen LogP contribution in [0.3, 0.4) is 0 Å². The predicted octanol–water partition coefficient (Wildman–Crippen LogP) is 1.43. The average Bonchev–Trinajstić information content (AvgIpc) is 2.71. The molecular weight excluding hydrogens is 247 g/mol. The number of benzene rings is 1. The van der Waals surface area contributed by atoms with E-state index in [-0.39, 0.29) is 5.82 Å². The largest absolute Gasteiger partial charge is 0.493 e. The number of nitrogens with one attached hydrogen (secondary N) is 1. The Bertz CT molecular complexity index is 562. The number of rotatable bonds is 4. The first-order chi connectivity index (χ1) is 9.06. The molecule has 5 nitrogen and oxygen atoms in total. The van der Waals surface area contributed by atoms with Gasteiger partial charge in [-0.05, 0) is 30.2 Å². The van der Waals surface area contributed by atoms with Crippen LogP contribution in [0, 0.1) is 12.7 Å². The molecule has 2 aromatic rings. The summed E-state index contributed by atoms with van der Waals surface area (Å²) in [4.78, 5) is 0. The van der Waals surface area contributed by atoms with Crippen molar-refractivity contribution >= 4 is 0 Å². The molecule has 3 N–H and O–H groups in total. The Balaban J connectivity index is 2.52. The van der Waals surface area contributed by atoms with Crippen molar-refractivity contribution < 1.29 is 9.13 Å². The lowest BCUT2D eigenvalue weighted by molar-refractivity contribution is 0.401. The standard InChI is InChI=1S/C13H17FN4O/c1-8-4-9(6-10(14)5-8)12(17-15)13-11(19-3)7-16-18(13)2/h4-7,12,17H,15H2,1-3H3. The minimum absolute atomic E-state index is 0.295. The Kier molecular flexibility index (Phi) is 3.82. The van der Waals surface area contributed by atoms with Crippen molar-refractivity contribution in [2.75, 3.05) is 7.11 Å². The summed E-state index contributed by atoms with van der Waals surface area (Å²) in [6, 6.07) is 4.40. The number of nitrogens with two attached hydrogens (primary N) is 1. The zero-order valence-corrected chi connectivity index (χ0v) is 11.1. The molecule has 1 aromatic heterocycles. The highest BCUT2D eigenvalue weighted by Crippen LogP contribution is 2.29. The predicted molar refractivity (Wildman–Crippen MR) is 70.1 cm³/mol. The summed E-state index contributed by atoms with van der Waals surface area (Å²) in [5.74, 6) is 5.93. The van der Waals surface area contributed by atoms with E-state index in [0.717, 1.165) is 16.8 Å². The third-order valence-electron chi connectivity index (χ3n) is 3.01. The first-order valence-electron chi connectivity index (χ1n) is 5.86. The monoisotopic (exact) mass is 264 g/mol. The van der Waals surface area contributed by atoms with Gasteiger partial charge in [-0.25, -0.2) is 9.82 Å². The van der Waals surface area contributed by atoms with Crippen molar-refractivity contribution in [1.82, 2.24) is 15.2 Å². The van der Waals surface area contributed by atoms with E-state index in [2.05, 4.69) is 10.5 Å². The molecule has 6 heteroatoms. The van der Waals surface area contributed by atoms with Crippen LogP contribution in [0.5, 0.6) is 5.75 Å². The Hall–Kier alpha value is -1.92. The van der Waals surface area contributed by atoms with Crippen LogP contribution in [-0.2, 0) is 7.05 Å². The van der Waals surface area contributed by atoms with E-state index in [1.807, 2.05) is 13.0 Å². The summed E-state index contributed by atoms with van der Waals surface area (Å²) in [5, 5.41) is 4.13. The van der Waals surface area contributed by atoms with Gasteiger partial charge in [0.15, 0.2) is 5.75 Å². The zero-order chi connectivity index (χ0) is 14.0. The fourth-order valence-electron chi connectivity index (χ4n) is 2.18. The highest BCUT2D eigenvalue weighted by molar-refractivity contribution is 5.37. The molecule has 0 aliphatic heterocycles. The highest BCUT2D eigenvalue weighted by Gasteiger charge is 2.22. The van der Waals surface area contributed by atoms with Crippen LogP contribution >= 0.6 is 0 Å². The molecule has 0 radical (unpaired) electrons. The van der Waals surface area contributed by atoms with Crippen LogP contribution in [0.1, 0.15) is 22.9 Å². The van der Waals surface area contributed by atoms with Crippen molar-refractivity contribution in [2.45, 2.75) is 13.0 Å². The summed E-state index contributed by atoms with van der Waals surface area (Å²) >= 11 is 0. The second-order valence-corrected chi connectivity index (χ2v) is 4.38. The van der Waals surface area contributed by atoms with E-state index in [0.29, 0.717) is 5.75 Å². The molecule has 1 unspecified atom stereocenters. The zero-order valence-electron chi connectivity index (χ0n) is 11.1. The van der Waals surface area contributed by atoms with E-state index in [4.69, 9.17) is 10.6 Å². The SMILES string of the molecule is COc1cnn(C)c1C(NN)c1cc(C)cc(F)c1. The number of aromatic nitrogens is 2. The number of halogens is 1. The molecule has 0 bridgehead atoms. The topological polar surface area (TPSA) is 65.1 Å². The van der Waals surface area contributed by atoms with E-state index < -0.39 is 6.04 Å². The van der Waals surface area contributed by atoms with Crippen molar-refractivity contribution in [3.63, 3.8) is 0 Å². The number of aryl methyl sites for hydroxylation is 2. The Morgan fingerprint density at radius 2 is 2.16 bits per heavy atom. The van der Waals surface area contributed by atoms with Crippen LogP contribution in [0.15, 0.2) is 24.4 Å². The quantitative estimate of drug-likeness (QED) is 0.647. The molecular formula is C13H17FN4O. The second kappa shape index (κ2) is 5.38. The van der Waals surface area contributed by atoms with Gasteiger partial charge < -0.3 is 4.74 Å². The van der Waals surface area contributed by atoms with Gasteiger partial charge in [0, 0.05) is 7.05 Å². The van der Waals surface area contributed by atoms with Gasteiger partial charge in [0.1, 0.15) is 11.5 Å². The highest BCUT2D eigenvalue weighted by atomic mass is 19.1. The molecule has 0 fully saturated rings. The van der Waals surface area contributed by atoms with Gasteiger partial charge in [-0.3, -0.25) is 10.5 Å². The molecule has 2 rings (SSSR count). The van der Waals surface area contributed by atoms with E-state index >= 15 is 0 Å². The van der Waals surface area contributed by atoms with Crippen molar-refractivity contribution in [3.05, 3.63) is 47.0 Å². The van der Waals surface area contributed by atoms with E-state index in [9.17, 15) is 4.39 Å². The van der Waals surface area contributed by atoms with Gasteiger partial charge in [-0.1, -0.05) is 6.07 Å². The van der Waals surface area contributed by atoms with E-state index in [1.54, 1.807) is 25.0 Å². The fraction of sp³-hybridized carbons (Fsp3) is 0.308. The third-order valence-corrected chi connectivity index (χ3v) is 3.01. The molecule has 0 saturated heterocycles. The lowest BCUT2D eigenvalue weighted by Crippen LogP contribution is -2.30. The van der Waals surface area contributed by atoms with Crippen molar-refractivity contribution in [3.8, 4) is 5.75 Å². The third kappa shape index (κ3) is 2.59. The van der Waals surface area contributed by atoms with Gasteiger partial charge in [0.25, 0.3) is 0 Å². The number of hydrogen-bond donors (Lipinski definition) is 2. The van der Waals surface area contributed by atoms with Crippen molar-refractivity contribution in [2.24, 2.45) is 12.9 Å². The number of ether oxygens (including phenoxy) is 1. The summed E-state index contributed by atoms with van der Waals surface area (Å²) in [5.41, 5.74) is 4.98. The lowest BCUT2D eigenvalue weighted by Gasteiger charge is -2.18. The Morgan fingerprint density at radius 3 is 2.74 bits per heavy atom. The fourth-order valence-corrected chi connectivity index (χ4v) is 2.18. The van der Waals surface area contributed by atoms with Crippen LogP contribution in [0.4, 0.5) is 4.39 Å². The molecule has 0 spiro atoms. The average molecular weight is 264 g/mol. The normalized spacial score (nSPS) is 12.5. The minimum Gasteiger partial charge on any atom is -0.493 e. The second-order valence-electron chi connectivity index (χ2n) is 4.38. The molecule has 0 aliphatic rings.